The minimum Gasteiger partial charge on any atom is -0.304 e. The van der Waals surface area contributed by atoms with E-state index in [2.05, 4.69) is 15.5 Å². The second-order valence-electron chi connectivity index (χ2n) is 6.37. The SMILES string of the molecule is Cc1cccc(-c2ccc3c(NC(=O)c4c(F)ccc(F)c4F)n[nH]c3c2)c1. The van der Waals surface area contributed by atoms with Crippen LogP contribution < -0.4 is 5.32 Å². The molecule has 0 saturated carbocycles. The number of aryl methyl sites for hydroxylation is 1. The van der Waals surface area contributed by atoms with Crippen molar-refractivity contribution in [2.24, 2.45) is 0 Å². The van der Waals surface area contributed by atoms with Crippen molar-refractivity contribution in [3.05, 3.63) is 83.2 Å². The maximum Gasteiger partial charge on any atom is 0.262 e. The van der Waals surface area contributed by atoms with Gasteiger partial charge in [0.2, 0.25) is 0 Å². The molecule has 7 heteroatoms. The highest BCUT2D eigenvalue weighted by molar-refractivity contribution is 6.08. The summed E-state index contributed by atoms with van der Waals surface area (Å²) in [6.07, 6.45) is 0. The van der Waals surface area contributed by atoms with Crippen LogP contribution in [0, 0.1) is 24.4 Å². The fourth-order valence-electron chi connectivity index (χ4n) is 3.02. The molecule has 0 aliphatic rings. The Hall–Kier alpha value is -3.61. The third kappa shape index (κ3) is 3.11. The largest absolute Gasteiger partial charge is 0.304 e. The molecule has 2 N–H and O–H groups in total. The summed E-state index contributed by atoms with van der Waals surface area (Å²) in [5.41, 5.74) is 2.72. The first-order valence-corrected chi connectivity index (χ1v) is 8.44. The van der Waals surface area contributed by atoms with Crippen LogP contribution in [0.25, 0.3) is 22.0 Å². The van der Waals surface area contributed by atoms with Crippen LogP contribution in [0.2, 0.25) is 0 Å². The fourth-order valence-corrected chi connectivity index (χ4v) is 3.02. The van der Waals surface area contributed by atoms with Gasteiger partial charge in [0.15, 0.2) is 17.5 Å². The van der Waals surface area contributed by atoms with E-state index in [1.165, 1.54) is 0 Å². The molecule has 4 aromatic rings. The number of carbonyl (C=O) groups excluding carboxylic acids is 1. The molecule has 1 aromatic heterocycles. The molecule has 1 amide bonds. The van der Waals surface area contributed by atoms with Gasteiger partial charge in [0.1, 0.15) is 11.4 Å². The molecule has 0 aliphatic heterocycles. The number of rotatable bonds is 3. The lowest BCUT2D eigenvalue weighted by molar-refractivity contribution is 0.101. The number of H-pyrrole nitrogens is 1. The van der Waals surface area contributed by atoms with E-state index in [1.807, 2.05) is 43.3 Å². The van der Waals surface area contributed by atoms with Crippen LogP contribution in [0.4, 0.5) is 19.0 Å². The van der Waals surface area contributed by atoms with Crippen LogP contribution in [-0.4, -0.2) is 16.1 Å². The average molecular weight is 381 g/mol. The molecule has 0 saturated heterocycles. The summed E-state index contributed by atoms with van der Waals surface area (Å²) in [4.78, 5) is 12.3. The lowest BCUT2D eigenvalue weighted by Crippen LogP contribution is -2.17. The van der Waals surface area contributed by atoms with E-state index in [1.54, 1.807) is 6.07 Å². The molecule has 0 radical (unpaired) electrons. The number of nitrogens with zero attached hydrogens (tertiary/aromatic N) is 1. The number of hydrogen-bond donors (Lipinski definition) is 2. The van der Waals surface area contributed by atoms with Gasteiger partial charge in [0, 0.05) is 5.39 Å². The average Bonchev–Trinajstić information content (AvgIpc) is 3.07. The van der Waals surface area contributed by atoms with Gasteiger partial charge >= 0.3 is 0 Å². The van der Waals surface area contributed by atoms with Crippen molar-refractivity contribution in [2.45, 2.75) is 6.92 Å². The van der Waals surface area contributed by atoms with Crippen LogP contribution in [0.5, 0.6) is 0 Å². The summed E-state index contributed by atoms with van der Waals surface area (Å²) < 4.78 is 41.0. The first kappa shape index (κ1) is 17.8. The van der Waals surface area contributed by atoms with E-state index >= 15 is 0 Å². The van der Waals surface area contributed by atoms with E-state index < -0.39 is 28.9 Å². The van der Waals surface area contributed by atoms with Gasteiger partial charge in [0.25, 0.3) is 5.91 Å². The summed E-state index contributed by atoms with van der Waals surface area (Å²) >= 11 is 0. The molecule has 0 fully saturated rings. The van der Waals surface area contributed by atoms with Crippen LogP contribution in [0.15, 0.2) is 54.6 Å². The predicted molar refractivity (Wildman–Crippen MR) is 101 cm³/mol. The Bertz CT molecular complexity index is 1220. The summed E-state index contributed by atoms with van der Waals surface area (Å²) in [5, 5.41) is 9.67. The van der Waals surface area contributed by atoms with Crippen molar-refractivity contribution < 1.29 is 18.0 Å². The minimum atomic E-state index is -1.54. The molecular formula is C21H14F3N3O. The molecule has 4 rings (SSSR count). The molecule has 140 valence electrons. The highest BCUT2D eigenvalue weighted by atomic mass is 19.2. The first-order chi connectivity index (χ1) is 13.4. The molecule has 28 heavy (non-hydrogen) atoms. The lowest BCUT2D eigenvalue weighted by atomic mass is 10.0. The monoisotopic (exact) mass is 381 g/mol. The fraction of sp³-hybridized carbons (Fsp3) is 0.0476. The maximum absolute atomic E-state index is 13.8. The van der Waals surface area contributed by atoms with Gasteiger partial charge in [-0.25, -0.2) is 13.2 Å². The van der Waals surface area contributed by atoms with Gasteiger partial charge in [-0.05, 0) is 42.3 Å². The van der Waals surface area contributed by atoms with Gasteiger partial charge < -0.3 is 5.32 Å². The van der Waals surface area contributed by atoms with Crippen LogP contribution in [-0.2, 0) is 0 Å². The third-order valence-electron chi connectivity index (χ3n) is 4.42. The molecule has 0 atom stereocenters. The van der Waals surface area contributed by atoms with Crippen LogP contribution >= 0.6 is 0 Å². The van der Waals surface area contributed by atoms with Gasteiger partial charge in [0.05, 0.1) is 5.52 Å². The van der Waals surface area contributed by atoms with E-state index in [4.69, 9.17) is 0 Å². The molecule has 3 aromatic carbocycles. The Morgan fingerprint density at radius 2 is 1.71 bits per heavy atom. The van der Waals surface area contributed by atoms with E-state index in [0.717, 1.165) is 16.7 Å². The summed E-state index contributed by atoms with van der Waals surface area (Å²) in [6, 6.07) is 14.7. The number of carbonyl (C=O) groups is 1. The molecule has 0 aliphatic carbocycles. The van der Waals surface area contributed by atoms with Gasteiger partial charge in [-0.1, -0.05) is 35.9 Å². The second kappa shape index (κ2) is 6.84. The number of amides is 1. The Balaban J connectivity index is 1.68. The van der Waals surface area contributed by atoms with Crippen molar-refractivity contribution in [3.63, 3.8) is 0 Å². The smallest absolute Gasteiger partial charge is 0.262 e. The van der Waals surface area contributed by atoms with E-state index in [-0.39, 0.29) is 5.82 Å². The third-order valence-corrected chi connectivity index (χ3v) is 4.42. The molecule has 4 nitrogen and oxygen atoms in total. The number of benzene rings is 3. The van der Waals surface area contributed by atoms with Crippen LogP contribution in [0.1, 0.15) is 15.9 Å². The zero-order valence-electron chi connectivity index (χ0n) is 14.7. The van der Waals surface area contributed by atoms with Crippen molar-refractivity contribution in [3.8, 4) is 11.1 Å². The number of nitrogens with one attached hydrogen (secondary N) is 2. The first-order valence-electron chi connectivity index (χ1n) is 8.44. The Morgan fingerprint density at radius 1 is 0.964 bits per heavy atom. The normalized spacial score (nSPS) is 11.0. The van der Waals surface area contributed by atoms with Gasteiger partial charge in [-0.3, -0.25) is 9.89 Å². The van der Waals surface area contributed by atoms with Crippen molar-refractivity contribution in [1.82, 2.24) is 10.2 Å². The van der Waals surface area contributed by atoms with Gasteiger partial charge in [-0.2, -0.15) is 5.10 Å². The quantitative estimate of drug-likeness (QED) is 0.479. The number of halogens is 3. The Labute approximate surface area is 158 Å². The Morgan fingerprint density at radius 3 is 2.50 bits per heavy atom. The van der Waals surface area contributed by atoms with Crippen LogP contribution in [0.3, 0.4) is 0 Å². The highest BCUT2D eigenvalue weighted by Gasteiger charge is 2.22. The maximum atomic E-state index is 13.8. The molecule has 0 spiro atoms. The number of anilines is 1. The standard InChI is InChI=1S/C21H14F3N3O/c1-11-3-2-4-12(9-11)13-5-6-14-17(10-13)26-27-20(14)25-21(28)18-15(22)7-8-16(23)19(18)24/h2-10H,1H3,(H2,25,26,27,28). The van der Waals surface area contributed by atoms with E-state index in [0.29, 0.717) is 23.0 Å². The van der Waals surface area contributed by atoms with Gasteiger partial charge in [-0.15, -0.1) is 0 Å². The summed E-state index contributed by atoms with van der Waals surface area (Å²) in [5.74, 6) is -5.03. The van der Waals surface area contributed by atoms with Crippen molar-refractivity contribution in [1.29, 1.82) is 0 Å². The molecule has 0 unspecified atom stereocenters. The Kier molecular flexibility index (Phi) is 4.35. The van der Waals surface area contributed by atoms with Crippen molar-refractivity contribution >= 4 is 22.6 Å². The number of aromatic nitrogens is 2. The highest BCUT2D eigenvalue weighted by Crippen LogP contribution is 2.28. The predicted octanol–water partition coefficient (Wildman–Crippen LogP) is 5.21. The number of aromatic amines is 1. The van der Waals surface area contributed by atoms with E-state index in [9.17, 15) is 18.0 Å². The summed E-state index contributed by atoms with van der Waals surface area (Å²) in [6.45, 7) is 2.00. The number of fused-ring (bicyclic) bond motifs is 1. The minimum absolute atomic E-state index is 0.0962. The summed E-state index contributed by atoms with van der Waals surface area (Å²) in [7, 11) is 0. The van der Waals surface area contributed by atoms with Crippen molar-refractivity contribution in [2.75, 3.05) is 5.32 Å². The number of hydrogen-bond acceptors (Lipinski definition) is 2. The molecule has 0 bridgehead atoms. The lowest BCUT2D eigenvalue weighted by Gasteiger charge is -2.06. The molecular weight excluding hydrogens is 367 g/mol. The zero-order valence-corrected chi connectivity index (χ0v) is 14.7. The second-order valence-corrected chi connectivity index (χ2v) is 6.37. The molecule has 1 heterocycles. The zero-order chi connectivity index (χ0) is 19.8. The topological polar surface area (TPSA) is 57.8 Å².